The zero-order valence-electron chi connectivity index (χ0n) is 20.4. The molecule has 0 spiro atoms. The van der Waals surface area contributed by atoms with Crippen LogP contribution in [-0.2, 0) is 11.3 Å². The van der Waals surface area contributed by atoms with E-state index in [0.717, 1.165) is 22.1 Å². The van der Waals surface area contributed by atoms with E-state index in [-0.39, 0.29) is 24.1 Å². The molecule has 2 aromatic carbocycles. The van der Waals surface area contributed by atoms with Crippen LogP contribution >= 0.6 is 22.6 Å². The first-order valence-electron chi connectivity index (χ1n) is 12.4. The Balaban J connectivity index is 1.60. The van der Waals surface area contributed by atoms with Crippen LogP contribution in [0.2, 0.25) is 0 Å². The maximum Gasteiger partial charge on any atom is 0.262 e. The molecule has 1 amide bonds. The van der Waals surface area contributed by atoms with Crippen LogP contribution in [0.3, 0.4) is 0 Å². The van der Waals surface area contributed by atoms with E-state index in [4.69, 9.17) is 9.72 Å². The van der Waals surface area contributed by atoms with Gasteiger partial charge in [0, 0.05) is 21.7 Å². The Hall–Kier alpha value is -2.46. The topological polar surface area (TPSA) is 76.5 Å². The monoisotopic (exact) mass is 588 g/mol. The van der Waals surface area contributed by atoms with Gasteiger partial charge in [-0.3, -0.25) is 14.2 Å². The molecule has 186 valence electrons. The Morgan fingerprint density at radius 2 is 1.94 bits per heavy atom. The van der Waals surface area contributed by atoms with Crippen LogP contribution < -0.4 is 15.6 Å². The van der Waals surface area contributed by atoms with Crippen LogP contribution in [-0.4, -0.2) is 52.6 Å². The first-order chi connectivity index (χ1) is 16.9. The third-order valence-corrected chi connectivity index (χ3v) is 6.77. The van der Waals surface area contributed by atoms with Crippen molar-refractivity contribution >= 4 is 39.4 Å². The first kappa shape index (κ1) is 25.6. The van der Waals surface area contributed by atoms with E-state index in [1.807, 2.05) is 50.2 Å². The van der Waals surface area contributed by atoms with Gasteiger partial charge in [-0.25, -0.2) is 4.98 Å². The van der Waals surface area contributed by atoms with E-state index < -0.39 is 0 Å². The van der Waals surface area contributed by atoms with Gasteiger partial charge in [0.1, 0.15) is 18.1 Å². The fourth-order valence-electron chi connectivity index (χ4n) is 4.46. The zero-order chi connectivity index (χ0) is 24.8. The van der Waals surface area contributed by atoms with Gasteiger partial charge in [0.25, 0.3) is 5.56 Å². The Morgan fingerprint density at radius 1 is 1.14 bits per heavy atom. The molecule has 1 N–H and O–H groups in total. The van der Waals surface area contributed by atoms with Crippen molar-refractivity contribution in [2.24, 2.45) is 0 Å². The summed E-state index contributed by atoms with van der Waals surface area (Å²) in [6.45, 7) is 7.68. The fourth-order valence-corrected chi connectivity index (χ4v) is 5.00. The number of halogens is 1. The molecule has 2 heterocycles. The predicted octanol–water partition coefficient (Wildman–Crippen LogP) is 4.45. The number of nitrogens with zero attached hydrogens (tertiary/aromatic N) is 3. The summed E-state index contributed by atoms with van der Waals surface area (Å²) in [5.41, 5.74) is 1.14. The number of fused-ring (bicyclic) bond motifs is 1. The largest absolute Gasteiger partial charge is 0.494 e. The average Bonchev–Trinajstić information content (AvgIpc) is 2.84. The summed E-state index contributed by atoms with van der Waals surface area (Å²) in [7, 11) is 0. The zero-order valence-corrected chi connectivity index (χ0v) is 22.6. The Morgan fingerprint density at radius 3 is 2.69 bits per heavy atom. The number of carbonyl (C=O) groups is 1. The van der Waals surface area contributed by atoms with Crippen LogP contribution in [0.15, 0.2) is 47.3 Å². The number of rotatable bonds is 9. The SMILES string of the molecule is CC(C)NC(=O)Cn1c(-c2cccc(I)c2)nc2ccc(OCCCN3CCCCC3)cc2c1=O. The van der Waals surface area contributed by atoms with Gasteiger partial charge in [0.15, 0.2) is 0 Å². The highest BCUT2D eigenvalue weighted by Gasteiger charge is 2.17. The number of hydrogen-bond donors (Lipinski definition) is 1. The molecule has 0 atom stereocenters. The van der Waals surface area contributed by atoms with Gasteiger partial charge in [-0.05, 0) is 99.1 Å². The van der Waals surface area contributed by atoms with Crippen molar-refractivity contribution in [2.45, 2.75) is 52.1 Å². The molecule has 0 radical (unpaired) electrons. The predicted molar refractivity (Wildman–Crippen MR) is 148 cm³/mol. The van der Waals surface area contributed by atoms with Crippen molar-refractivity contribution in [3.8, 4) is 17.1 Å². The molecule has 0 unspecified atom stereocenters. The minimum atomic E-state index is -0.249. The molecular formula is C27H33IN4O3. The third-order valence-electron chi connectivity index (χ3n) is 6.10. The first-order valence-corrected chi connectivity index (χ1v) is 13.4. The summed E-state index contributed by atoms with van der Waals surface area (Å²) in [5.74, 6) is 0.908. The lowest BCUT2D eigenvalue weighted by Crippen LogP contribution is -2.37. The van der Waals surface area contributed by atoms with Gasteiger partial charge in [0.05, 0.1) is 17.5 Å². The number of amides is 1. The molecule has 3 aromatic rings. The fraction of sp³-hybridized carbons (Fsp3) is 0.444. The molecule has 35 heavy (non-hydrogen) atoms. The Kier molecular flexibility index (Phi) is 8.78. The van der Waals surface area contributed by atoms with Crippen LogP contribution in [0.4, 0.5) is 0 Å². The number of likely N-dealkylation sites (tertiary alicyclic amines) is 1. The molecule has 4 rings (SSSR count). The van der Waals surface area contributed by atoms with Crippen molar-refractivity contribution in [3.05, 3.63) is 56.4 Å². The molecule has 0 bridgehead atoms. The number of aromatic nitrogens is 2. The summed E-state index contributed by atoms with van der Waals surface area (Å²) in [6.07, 6.45) is 4.84. The second kappa shape index (κ2) is 12.0. The van der Waals surface area contributed by atoms with Gasteiger partial charge >= 0.3 is 0 Å². The molecule has 1 fully saturated rings. The lowest BCUT2D eigenvalue weighted by atomic mass is 10.1. The molecule has 0 saturated carbocycles. The number of nitrogens with one attached hydrogen (secondary N) is 1. The Bertz CT molecular complexity index is 1230. The minimum absolute atomic E-state index is 0.0160. The summed E-state index contributed by atoms with van der Waals surface area (Å²) in [5, 5.41) is 3.32. The number of carbonyl (C=O) groups excluding carboxylic acids is 1. The van der Waals surface area contributed by atoms with Crippen LogP contribution in [0.25, 0.3) is 22.3 Å². The van der Waals surface area contributed by atoms with Gasteiger partial charge in [-0.1, -0.05) is 18.6 Å². The van der Waals surface area contributed by atoms with E-state index in [2.05, 4.69) is 32.8 Å². The van der Waals surface area contributed by atoms with Gasteiger partial charge in [-0.15, -0.1) is 0 Å². The molecule has 8 heteroatoms. The highest BCUT2D eigenvalue weighted by molar-refractivity contribution is 14.1. The van der Waals surface area contributed by atoms with Crippen molar-refractivity contribution in [1.29, 1.82) is 0 Å². The van der Waals surface area contributed by atoms with Gasteiger partial charge in [-0.2, -0.15) is 0 Å². The summed E-state index contributed by atoms with van der Waals surface area (Å²) in [6, 6.07) is 13.2. The molecule has 1 aromatic heterocycles. The van der Waals surface area contributed by atoms with Crippen LogP contribution in [0, 0.1) is 3.57 Å². The molecular weight excluding hydrogens is 555 g/mol. The van der Waals surface area contributed by atoms with E-state index >= 15 is 0 Å². The number of ether oxygens (including phenoxy) is 1. The van der Waals surface area contributed by atoms with Gasteiger partial charge < -0.3 is 15.0 Å². The summed E-state index contributed by atoms with van der Waals surface area (Å²) >= 11 is 2.23. The standard InChI is InChI=1S/C27H33IN4O3/c1-19(2)29-25(33)18-32-26(20-8-6-9-21(28)16-20)30-24-11-10-22(17-23(24)27(32)34)35-15-7-14-31-12-4-3-5-13-31/h6,8-11,16-17,19H,3-5,7,12-15,18H2,1-2H3,(H,29,33). The molecule has 7 nitrogen and oxygen atoms in total. The molecule has 1 aliphatic rings. The lowest BCUT2D eigenvalue weighted by Gasteiger charge is -2.26. The molecule has 0 aliphatic carbocycles. The maximum absolute atomic E-state index is 13.6. The second-order valence-electron chi connectivity index (χ2n) is 9.34. The maximum atomic E-state index is 13.6. The van der Waals surface area contributed by atoms with Crippen molar-refractivity contribution in [2.75, 3.05) is 26.2 Å². The van der Waals surface area contributed by atoms with E-state index in [1.165, 1.54) is 36.9 Å². The number of benzene rings is 2. The summed E-state index contributed by atoms with van der Waals surface area (Å²) < 4.78 is 8.47. The average molecular weight is 588 g/mol. The van der Waals surface area contributed by atoms with Gasteiger partial charge in [0.2, 0.25) is 5.91 Å². The highest BCUT2D eigenvalue weighted by Crippen LogP contribution is 2.23. The molecule has 1 aliphatic heterocycles. The minimum Gasteiger partial charge on any atom is -0.494 e. The smallest absolute Gasteiger partial charge is 0.262 e. The Labute approximate surface area is 220 Å². The van der Waals surface area contributed by atoms with Crippen molar-refractivity contribution in [1.82, 2.24) is 19.8 Å². The van der Waals surface area contributed by atoms with Crippen LogP contribution in [0.5, 0.6) is 5.75 Å². The number of piperidine rings is 1. The quantitative estimate of drug-likeness (QED) is 0.296. The van der Waals surface area contributed by atoms with Crippen LogP contribution in [0.1, 0.15) is 39.5 Å². The van der Waals surface area contributed by atoms with Crippen molar-refractivity contribution < 1.29 is 9.53 Å². The second-order valence-corrected chi connectivity index (χ2v) is 10.6. The molecule has 1 saturated heterocycles. The van der Waals surface area contributed by atoms with E-state index in [9.17, 15) is 9.59 Å². The van der Waals surface area contributed by atoms with E-state index in [0.29, 0.717) is 29.1 Å². The highest BCUT2D eigenvalue weighted by atomic mass is 127. The summed E-state index contributed by atoms with van der Waals surface area (Å²) in [4.78, 5) is 33.5. The van der Waals surface area contributed by atoms with Crippen molar-refractivity contribution in [3.63, 3.8) is 0 Å². The number of hydrogen-bond acceptors (Lipinski definition) is 5. The normalized spacial score (nSPS) is 14.4. The lowest BCUT2D eigenvalue weighted by molar-refractivity contribution is -0.122. The third kappa shape index (κ3) is 6.82. The van der Waals surface area contributed by atoms with E-state index in [1.54, 1.807) is 6.07 Å².